The fourth-order valence-electron chi connectivity index (χ4n) is 2.59. The lowest BCUT2D eigenvalue weighted by atomic mass is 9.93. The van der Waals surface area contributed by atoms with Crippen molar-refractivity contribution in [3.63, 3.8) is 0 Å². The first kappa shape index (κ1) is 16.1. The van der Waals surface area contributed by atoms with Crippen molar-refractivity contribution in [1.82, 2.24) is 14.5 Å². The van der Waals surface area contributed by atoms with Crippen LogP contribution in [0.25, 0.3) is 0 Å². The van der Waals surface area contributed by atoms with Crippen molar-refractivity contribution >= 4 is 17.2 Å². The number of hydrogen-bond acceptors (Lipinski definition) is 4. The Kier molecular flexibility index (Phi) is 4.19. The third-order valence-corrected chi connectivity index (χ3v) is 5.56. The summed E-state index contributed by atoms with van der Waals surface area (Å²) in [6.45, 7) is 9.67. The molecule has 5 nitrogen and oxygen atoms in total. The predicted molar refractivity (Wildman–Crippen MR) is 90.4 cm³/mol. The van der Waals surface area contributed by atoms with Gasteiger partial charge in [0.25, 0.3) is 5.91 Å². The van der Waals surface area contributed by atoms with Gasteiger partial charge in [-0.3, -0.25) is 9.78 Å². The van der Waals surface area contributed by atoms with Crippen molar-refractivity contribution in [3.05, 3.63) is 39.7 Å². The highest BCUT2D eigenvalue weighted by Crippen LogP contribution is 2.33. The monoisotopic (exact) mass is 330 g/mol. The fraction of sp³-hybridized carbons (Fsp3) is 0.529. The summed E-state index contributed by atoms with van der Waals surface area (Å²) >= 11 is 1.61. The number of carbonyl (C=O) groups excluding carboxylic acids is 1. The van der Waals surface area contributed by atoms with Crippen LogP contribution in [0.2, 0.25) is 0 Å². The van der Waals surface area contributed by atoms with Gasteiger partial charge in [0.15, 0.2) is 4.80 Å². The van der Waals surface area contributed by atoms with Crippen LogP contribution in [0.4, 0.5) is 0 Å². The molecule has 1 aliphatic rings. The van der Waals surface area contributed by atoms with Crippen LogP contribution in [-0.4, -0.2) is 20.4 Å². The Balaban J connectivity index is 2.06. The predicted octanol–water partition coefficient (Wildman–Crippen LogP) is 3.10. The van der Waals surface area contributed by atoms with Crippen molar-refractivity contribution in [2.75, 3.05) is 0 Å². The van der Waals surface area contributed by atoms with Gasteiger partial charge in [-0.15, -0.1) is 11.3 Å². The van der Waals surface area contributed by atoms with Gasteiger partial charge in [0, 0.05) is 29.5 Å². The van der Waals surface area contributed by atoms with Crippen LogP contribution in [0.5, 0.6) is 0 Å². The second kappa shape index (κ2) is 6.00. The van der Waals surface area contributed by atoms with Gasteiger partial charge >= 0.3 is 0 Å². The highest BCUT2D eigenvalue weighted by atomic mass is 32.1. The summed E-state index contributed by atoms with van der Waals surface area (Å²) < 4.78 is 2.21. The minimum Gasteiger partial charge on any atom is -0.320 e. The van der Waals surface area contributed by atoms with E-state index in [2.05, 4.69) is 47.2 Å². The molecule has 2 heterocycles. The molecule has 6 heteroatoms. The van der Waals surface area contributed by atoms with E-state index >= 15 is 0 Å². The van der Waals surface area contributed by atoms with Crippen LogP contribution in [0.15, 0.2) is 23.6 Å². The van der Waals surface area contributed by atoms with E-state index in [-0.39, 0.29) is 17.0 Å². The maximum absolute atomic E-state index is 12.4. The largest absolute Gasteiger partial charge is 0.320 e. The highest BCUT2D eigenvalue weighted by Gasteiger charge is 2.27. The van der Waals surface area contributed by atoms with E-state index in [1.165, 1.54) is 35.8 Å². The lowest BCUT2D eigenvalue weighted by Crippen LogP contribution is -2.20. The topological polar surface area (TPSA) is 60.1 Å². The maximum atomic E-state index is 12.4. The van der Waals surface area contributed by atoms with Gasteiger partial charge in [-0.1, -0.05) is 20.8 Å². The number of aromatic nitrogens is 3. The summed E-state index contributed by atoms with van der Waals surface area (Å²) in [7, 11) is 0. The van der Waals surface area contributed by atoms with Crippen LogP contribution >= 0.6 is 11.3 Å². The molecule has 0 spiro atoms. The van der Waals surface area contributed by atoms with E-state index in [9.17, 15) is 4.79 Å². The molecule has 3 rings (SSSR count). The first-order valence-corrected chi connectivity index (χ1v) is 8.73. The SMILES string of the molecule is Cc1c(C(C)(C)C)s/c(=N\C(=O)c2cnccn2)n1CC1CC1. The molecular formula is C17H22N4OS. The molecule has 0 N–H and O–H groups in total. The van der Waals surface area contributed by atoms with Crippen LogP contribution in [0, 0.1) is 12.8 Å². The normalized spacial score (nSPS) is 15.9. The Morgan fingerprint density at radius 2 is 2.13 bits per heavy atom. The molecule has 23 heavy (non-hydrogen) atoms. The zero-order valence-electron chi connectivity index (χ0n) is 14.0. The van der Waals surface area contributed by atoms with E-state index in [4.69, 9.17) is 0 Å². The van der Waals surface area contributed by atoms with Crippen molar-refractivity contribution < 1.29 is 4.79 Å². The Morgan fingerprint density at radius 1 is 1.39 bits per heavy atom. The smallest absolute Gasteiger partial charge is 0.299 e. The molecule has 0 saturated heterocycles. The zero-order chi connectivity index (χ0) is 16.6. The summed E-state index contributed by atoms with van der Waals surface area (Å²) in [5, 5.41) is 0. The van der Waals surface area contributed by atoms with E-state index in [0.717, 1.165) is 17.3 Å². The Bertz CT molecular complexity index is 779. The van der Waals surface area contributed by atoms with Gasteiger partial charge in [-0.05, 0) is 31.1 Å². The van der Waals surface area contributed by atoms with E-state index < -0.39 is 0 Å². The van der Waals surface area contributed by atoms with Gasteiger partial charge in [0.2, 0.25) is 0 Å². The van der Waals surface area contributed by atoms with Gasteiger partial charge in [-0.2, -0.15) is 4.99 Å². The number of hydrogen-bond donors (Lipinski definition) is 0. The zero-order valence-corrected chi connectivity index (χ0v) is 14.9. The molecule has 122 valence electrons. The van der Waals surface area contributed by atoms with Gasteiger partial charge in [0.1, 0.15) is 5.69 Å². The fourth-order valence-corrected chi connectivity index (χ4v) is 3.79. The summed E-state index contributed by atoms with van der Waals surface area (Å²) in [4.78, 5) is 26.8. The number of amides is 1. The third kappa shape index (κ3) is 3.58. The van der Waals surface area contributed by atoms with E-state index in [0.29, 0.717) is 0 Å². The lowest BCUT2D eigenvalue weighted by Gasteiger charge is -2.17. The average Bonchev–Trinajstić information content (AvgIpc) is 3.26. The first-order chi connectivity index (χ1) is 10.9. The molecular weight excluding hydrogens is 308 g/mol. The van der Waals surface area contributed by atoms with Crippen molar-refractivity contribution in [2.24, 2.45) is 10.9 Å². The van der Waals surface area contributed by atoms with E-state index in [1.807, 2.05) is 0 Å². The first-order valence-electron chi connectivity index (χ1n) is 7.92. The molecule has 0 aromatic carbocycles. The summed E-state index contributed by atoms with van der Waals surface area (Å²) in [5.41, 5.74) is 1.55. The van der Waals surface area contributed by atoms with Crippen LogP contribution in [0.3, 0.4) is 0 Å². The second-order valence-electron chi connectivity index (χ2n) is 7.11. The Hall–Kier alpha value is -1.82. The lowest BCUT2D eigenvalue weighted by molar-refractivity contribution is 0.0992. The Morgan fingerprint density at radius 3 is 2.70 bits per heavy atom. The average molecular weight is 330 g/mol. The highest BCUT2D eigenvalue weighted by molar-refractivity contribution is 7.09. The molecule has 2 aromatic heterocycles. The van der Waals surface area contributed by atoms with Crippen molar-refractivity contribution in [2.45, 2.75) is 52.5 Å². The Labute approximate surface area is 140 Å². The maximum Gasteiger partial charge on any atom is 0.299 e. The minimum absolute atomic E-state index is 0.0451. The van der Waals surface area contributed by atoms with Gasteiger partial charge in [0.05, 0.1) is 6.20 Å². The molecule has 1 aliphatic carbocycles. The molecule has 0 radical (unpaired) electrons. The molecule has 0 unspecified atom stereocenters. The van der Waals surface area contributed by atoms with Crippen molar-refractivity contribution in [3.8, 4) is 0 Å². The summed E-state index contributed by atoms with van der Waals surface area (Å²) in [6.07, 6.45) is 7.07. The minimum atomic E-state index is -0.329. The van der Waals surface area contributed by atoms with Crippen molar-refractivity contribution in [1.29, 1.82) is 0 Å². The molecule has 1 amide bonds. The van der Waals surface area contributed by atoms with Crippen LogP contribution in [0.1, 0.15) is 54.7 Å². The van der Waals surface area contributed by atoms with Crippen LogP contribution < -0.4 is 4.80 Å². The molecule has 2 aromatic rings. The number of rotatable bonds is 3. The standard InChI is InChI=1S/C17H22N4OS/c1-11-14(17(2,3)4)23-16(21(11)10-12-5-6-12)20-15(22)13-9-18-7-8-19-13/h7-9,12H,5-6,10H2,1-4H3/b20-16-. The molecule has 1 saturated carbocycles. The second-order valence-corrected chi connectivity index (χ2v) is 8.09. The number of nitrogens with zero attached hydrogens (tertiary/aromatic N) is 4. The number of thiazole rings is 1. The van der Waals surface area contributed by atoms with E-state index in [1.54, 1.807) is 17.5 Å². The molecule has 1 fully saturated rings. The molecule has 0 bridgehead atoms. The molecule has 0 atom stereocenters. The van der Waals surface area contributed by atoms with Crippen LogP contribution in [-0.2, 0) is 12.0 Å². The number of carbonyl (C=O) groups is 1. The summed E-state index contributed by atoms with van der Waals surface area (Å²) in [6, 6.07) is 0. The van der Waals surface area contributed by atoms with Gasteiger partial charge < -0.3 is 4.57 Å². The molecule has 0 aliphatic heterocycles. The quantitative estimate of drug-likeness (QED) is 0.869. The van der Waals surface area contributed by atoms with Gasteiger partial charge in [-0.25, -0.2) is 4.98 Å². The summed E-state index contributed by atoms with van der Waals surface area (Å²) in [5.74, 6) is 0.394. The third-order valence-electron chi connectivity index (χ3n) is 3.96.